The molecule has 1 aromatic carbocycles. The molecule has 1 aromatic rings. The molecule has 1 saturated heterocycles. The van der Waals surface area contributed by atoms with Gasteiger partial charge in [-0.2, -0.15) is 0 Å². The van der Waals surface area contributed by atoms with Crippen LogP contribution in [0.4, 0.5) is 8.78 Å². The van der Waals surface area contributed by atoms with E-state index in [1.54, 1.807) is 0 Å². The molecule has 0 spiro atoms. The van der Waals surface area contributed by atoms with Crippen LogP contribution in [0.2, 0.25) is 0 Å². The van der Waals surface area contributed by atoms with Crippen molar-refractivity contribution in [3.63, 3.8) is 0 Å². The molecule has 1 amide bonds. The van der Waals surface area contributed by atoms with Crippen LogP contribution in [-0.4, -0.2) is 24.4 Å². The predicted octanol–water partition coefficient (Wildman–Crippen LogP) is 3.16. The van der Waals surface area contributed by atoms with Gasteiger partial charge in [0.1, 0.15) is 0 Å². The second-order valence-corrected chi connectivity index (χ2v) is 6.46. The molecular weight excluding hydrogens is 322 g/mol. The zero-order valence-electron chi connectivity index (χ0n) is 13.2. The lowest BCUT2D eigenvalue weighted by Crippen LogP contribution is -2.41. The third-order valence-corrected chi connectivity index (χ3v) is 4.66. The van der Waals surface area contributed by atoms with Gasteiger partial charge in [-0.1, -0.05) is 18.2 Å². The second-order valence-electron chi connectivity index (χ2n) is 6.46. The Hall–Kier alpha value is -1.20. The molecule has 0 radical (unpaired) electrons. The van der Waals surface area contributed by atoms with Crippen LogP contribution in [0.25, 0.3) is 0 Å². The minimum atomic E-state index is -2.78. The fourth-order valence-electron chi connectivity index (χ4n) is 3.32. The number of amides is 1. The monoisotopic (exact) mass is 344 g/mol. The van der Waals surface area contributed by atoms with Crippen molar-refractivity contribution in [3.8, 4) is 0 Å². The molecule has 2 atom stereocenters. The molecule has 1 heterocycles. The summed E-state index contributed by atoms with van der Waals surface area (Å²) in [7, 11) is 0. The Bertz CT molecular complexity index is 580. The molecule has 2 unspecified atom stereocenters. The van der Waals surface area contributed by atoms with E-state index in [1.165, 1.54) is 24.0 Å². The number of aryl methyl sites for hydroxylation is 2. The average molecular weight is 345 g/mol. The van der Waals surface area contributed by atoms with Crippen molar-refractivity contribution in [2.24, 2.45) is 0 Å². The third kappa shape index (κ3) is 4.21. The molecule has 1 aliphatic carbocycles. The van der Waals surface area contributed by atoms with Gasteiger partial charge in [0.25, 0.3) is 5.92 Å². The van der Waals surface area contributed by atoms with Crippen LogP contribution < -0.4 is 10.6 Å². The first kappa shape index (κ1) is 18.1. The first-order valence-corrected chi connectivity index (χ1v) is 7.98. The molecule has 1 aliphatic heterocycles. The number of carbonyl (C=O) groups excluding carboxylic acids is 1. The lowest BCUT2D eigenvalue weighted by Gasteiger charge is -2.21. The van der Waals surface area contributed by atoms with E-state index in [1.807, 2.05) is 13.0 Å². The third-order valence-electron chi connectivity index (χ3n) is 4.66. The maximum absolute atomic E-state index is 13.2. The summed E-state index contributed by atoms with van der Waals surface area (Å²) in [6, 6.07) is 5.35. The quantitative estimate of drug-likeness (QED) is 0.884. The van der Waals surface area contributed by atoms with Crippen molar-refractivity contribution in [3.05, 3.63) is 34.9 Å². The first-order valence-electron chi connectivity index (χ1n) is 7.98. The largest absolute Gasteiger partial charge is 0.348 e. The zero-order valence-corrected chi connectivity index (χ0v) is 14.0. The Kier molecular flexibility index (Phi) is 5.63. The van der Waals surface area contributed by atoms with E-state index in [0.717, 1.165) is 18.4 Å². The van der Waals surface area contributed by atoms with E-state index >= 15 is 0 Å². The minimum absolute atomic E-state index is 0. The van der Waals surface area contributed by atoms with E-state index < -0.39 is 24.9 Å². The summed E-state index contributed by atoms with van der Waals surface area (Å²) in [6.07, 6.45) is 4.23. The summed E-state index contributed by atoms with van der Waals surface area (Å²) in [5.74, 6) is -3.13. The molecule has 23 heavy (non-hydrogen) atoms. The van der Waals surface area contributed by atoms with Gasteiger partial charge in [-0.25, -0.2) is 8.78 Å². The standard InChI is InChI=1S/C17H22F2N2O.ClH/c1-11(21-16(22)15-9-17(18,19)10-20-15)13-7-6-12-4-2-3-5-14(12)8-13;/h6-8,11,15,20H,2-5,9-10H2,1H3,(H,21,22);1H. The van der Waals surface area contributed by atoms with Crippen LogP contribution in [-0.2, 0) is 17.6 Å². The van der Waals surface area contributed by atoms with Gasteiger partial charge < -0.3 is 5.32 Å². The van der Waals surface area contributed by atoms with Crippen LogP contribution >= 0.6 is 12.4 Å². The molecule has 1 fully saturated rings. The van der Waals surface area contributed by atoms with Gasteiger partial charge in [-0.3, -0.25) is 10.1 Å². The maximum Gasteiger partial charge on any atom is 0.262 e. The summed E-state index contributed by atoms with van der Waals surface area (Å²) in [5.41, 5.74) is 3.79. The van der Waals surface area contributed by atoms with E-state index in [4.69, 9.17) is 0 Å². The highest BCUT2D eigenvalue weighted by atomic mass is 35.5. The predicted molar refractivity (Wildman–Crippen MR) is 88.2 cm³/mol. The molecule has 2 N–H and O–H groups in total. The van der Waals surface area contributed by atoms with Gasteiger partial charge in [-0.05, 0) is 49.3 Å². The van der Waals surface area contributed by atoms with Gasteiger partial charge in [0.2, 0.25) is 5.91 Å². The number of hydrogen-bond acceptors (Lipinski definition) is 2. The zero-order chi connectivity index (χ0) is 15.7. The van der Waals surface area contributed by atoms with Gasteiger partial charge in [0.05, 0.1) is 18.6 Å². The Balaban J connectivity index is 0.00000192. The highest BCUT2D eigenvalue weighted by molar-refractivity contribution is 5.85. The Morgan fingerprint density at radius 2 is 2.00 bits per heavy atom. The SMILES string of the molecule is CC(NC(=O)C1CC(F)(F)CN1)c1ccc2c(c1)CCCC2.Cl. The van der Waals surface area contributed by atoms with Crippen LogP contribution in [0.5, 0.6) is 0 Å². The highest BCUT2D eigenvalue weighted by Crippen LogP contribution is 2.27. The molecule has 2 aliphatic rings. The van der Waals surface area contributed by atoms with Crippen molar-refractivity contribution < 1.29 is 13.6 Å². The van der Waals surface area contributed by atoms with E-state index in [9.17, 15) is 13.6 Å². The number of benzene rings is 1. The normalized spacial score (nSPS) is 23.5. The fourth-order valence-corrected chi connectivity index (χ4v) is 3.32. The summed E-state index contributed by atoms with van der Waals surface area (Å²) in [6.45, 7) is 1.48. The van der Waals surface area contributed by atoms with Crippen molar-refractivity contribution in [2.45, 2.75) is 57.0 Å². The van der Waals surface area contributed by atoms with Crippen LogP contribution in [0, 0.1) is 0 Å². The highest BCUT2D eigenvalue weighted by Gasteiger charge is 2.42. The van der Waals surface area contributed by atoms with Gasteiger partial charge in [0, 0.05) is 6.42 Å². The molecule has 3 rings (SSSR count). The first-order chi connectivity index (χ1) is 10.4. The minimum Gasteiger partial charge on any atom is -0.348 e. The number of fused-ring (bicyclic) bond motifs is 1. The molecule has 3 nitrogen and oxygen atoms in total. The van der Waals surface area contributed by atoms with Crippen molar-refractivity contribution in [1.82, 2.24) is 10.6 Å². The second kappa shape index (κ2) is 7.14. The van der Waals surface area contributed by atoms with Gasteiger partial charge in [0.15, 0.2) is 0 Å². The van der Waals surface area contributed by atoms with Crippen LogP contribution in [0.1, 0.15) is 48.9 Å². The molecule has 0 saturated carbocycles. The van der Waals surface area contributed by atoms with Crippen molar-refractivity contribution >= 4 is 18.3 Å². The van der Waals surface area contributed by atoms with E-state index in [0.29, 0.717) is 0 Å². The Morgan fingerprint density at radius 1 is 1.30 bits per heavy atom. The molecule has 128 valence electrons. The number of nitrogens with one attached hydrogen (secondary N) is 2. The van der Waals surface area contributed by atoms with Gasteiger partial charge >= 0.3 is 0 Å². The Labute approximate surface area is 141 Å². The van der Waals surface area contributed by atoms with E-state index in [-0.39, 0.29) is 24.4 Å². The number of hydrogen-bond donors (Lipinski definition) is 2. The fraction of sp³-hybridized carbons (Fsp3) is 0.588. The summed E-state index contributed by atoms with van der Waals surface area (Å²) >= 11 is 0. The summed E-state index contributed by atoms with van der Waals surface area (Å²) in [5, 5.41) is 5.44. The molecule has 0 bridgehead atoms. The number of rotatable bonds is 3. The van der Waals surface area contributed by atoms with Crippen LogP contribution in [0.3, 0.4) is 0 Å². The van der Waals surface area contributed by atoms with Gasteiger partial charge in [-0.15, -0.1) is 12.4 Å². The molecule has 6 heteroatoms. The number of carbonyl (C=O) groups is 1. The average Bonchev–Trinajstić information content (AvgIpc) is 2.87. The number of alkyl halides is 2. The lowest BCUT2D eigenvalue weighted by atomic mass is 9.89. The maximum atomic E-state index is 13.2. The Morgan fingerprint density at radius 3 is 2.65 bits per heavy atom. The van der Waals surface area contributed by atoms with Crippen LogP contribution in [0.15, 0.2) is 18.2 Å². The number of halogens is 3. The smallest absolute Gasteiger partial charge is 0.262 e. The van der Waals surface area contributed by atoms with Crippen molar-refractivity contribution in [1.29, 1.82) is 0 Å². The molecule has 0 aromatic heterocycles. The van der Waals surface area contributed by atoms with E-state index in [2.05, 4.69) is 22.8 Å². The summed E-state index contributed by atoms with van der Waals surface area (Å²) < 4.78 is 26.3. The molecular formula is C17H23ClF2N2O. The topological polar surface area (TPSA) is 41.1 Å². The van der Waals surface area contributed by atoms with Crippen molar-refractivity contribution in [2.75, 3.05) is 6.54 Å². The lowest BCUT2D eigenvalue weighted by molar-refractivity contribution is -0.124. The summed E-state index contributed by atoms with van der Waals surface area (Å²) in [4.78, 5) is 12.1.